The minimum absolute atomic E-state index is 0. The van der Waals surface area contributed by atoms with E-state index in [0.29, 0.717) is 0 Å². The summed E-state index contributed by atoms with van der Waals surface area (Å²) in [4.78, 5) is 77.2. The van der Waals surface area contributed by atoms with Crippen molar-refractivity contribution in [3.8, 4) is 0 Å². The molecule has 0 aliphatic heterocycles. The second-order valence-electron chi connectivity index (χ2n) is 3.38. The third kappa shape index (κ3) is 176. The van der Waals surface area contributed by atoms with Gasteiger partial charge in [-0.1, -0.05) is 0 Å². The molecule has 34 heteroatoms. The van der Waals surface area contributed by atoms with E-state index in [1.807, 2.05) is 0 Å². The van der Waals surface area contributed by atoms with Crippen LogP contribution in [0.15, 0.2) is 0 Å². The van der Waals surface area contributed by atoms with Crippen molar-refractivity contribution < 1.29 is 311 Å². The van der Waals surface area contributed by atoms with Crippen LogP contribution >= 0.6 is 15.6 Å². The number of aliphatic carboxylic acids is 3. The number of hydrogen-bond donors (Lipinski definition) is 4. The quantitative estimate of drug-likeness (QED) is 0.151. The molecule has 0 rings (SSSR count). The molecule has 0 saturated heterocycles. The van der Waals surface area contributed by atoms with Gasteiger partial charge in [0.25, 0.3) is 0 Å². The third-order valence-corrected chi connectivity index (χ3v) is 1.25. The van der Waals surface area contributed by atoms with Gasteiger partial charge in [-0.05, 0) is 0 Å². The number of phosphoric acid groups is 2. The van der Waals surface area contributed by atoms with Gasteiger partial charge in [0.15, 0.2) is 0 Å². The molecule has 226 valence electrons. The molecule has 0 aliphatic rings. The number of carbonyl (C=O) groups is 3. The Morgan fingerprint density at radius 3 is 0.675 bits per heavy atom. The zero-order valence-corrected chi connectivity index (χ0v) is 35.9. The van der Waals surface area contributed by atoms with E-state index in [9.17, 15) is 29.7 Å². The summed E-state index contributed by atoms with van der Waals surface area (Å²) in [6.07, 6.45) is -2.72. The topological polar surface area (TPSA) is 651 Å². The Hall–Kier alpha value is 4.15. The Labute approximate surface area is 357 Å². The van der Waals surface area contributed by atoms with Crippen molar-refractivity contribution in [2.45, 2.75) is 18.4 Å². The van der Waals surface area contributed by atoms with E-state index in [2.05, 4.69) is 0 Å². The zero-order chi connectivity index (χ0) is 19.6. The average Bonchev–Trinajstić information content (AvgIpc) is 2.07. The maximum absolute atomic E-state index is 10.1. The fourth-order valence-electron chi connectivity index (χ4n) is 0.684. The minimum atomic E-state index is -5.39. The molecule has 0 radical (unpaired) electrons. The molecule has 0 aromatic heterocycles. The van der Waals surface area contributed by atoms with E-state index in [0.717, 1.165) is 0 Å². The molecule has 0 aromatic rings. The Kier molecular flexibility index (Phi) is 246. The van der Waals surface area contributed by atoms with Crippen LogP contribution in [-0.4, -0.2) is 104 Å². The molecule has 0 unspecified atom stereocenters. The Balaban J connectivity index is -0.00000000748. The molecule has 26 N–H and O–H groups in total. The third-order valence-electron chi connectivity index (χ3n) is 1.25. The molecule has 0 bridgehead atoms. The molecule has 0 saturated carbocycles. The van der Waals surface area contributed by atoms with Gasteiger partial charge in [0.2, 0.25) is 0 Å². The van der Waals surface area contributed by atoms with E-state index in [4.69, 9.17) is 43.6 Å². The maximum atomic E-state index is 10.1. The first-order chi connectivity index (χ1) is 9.78. The first-order valence-electron chi connectivity index (χ1n) is 4.63. The normalized spacial score (nSPS) is 6.47. The van der Waals surface area contributed by atoms with Crippen molar-refractivity contribution in [1.82, 2.24) is 0 Å². The minimum Gasteiger partial charge on any atom is -0.822 e. The molecular weight excluding hydrogens is 688 g/mol. The summed E-state index contributed by atoms with van der Waals surface area (Å²) in [6.45, 7) is 0. The van der Waals surface area contributed by atoms with Crippen LogP contribution in [0, 0.1) is 0 Å². The van der Waals surface area contributed by atoms with Crippen LogP contribution in [0.5, 0.6) is 0 Å². The first kappa shape index (κ1) is 141. The van der Waals surface area contributed by atoms with Gasteiger partial charge in [0, 0.05) is 24.8 Å². The van der Waals surface area contributed by atoms with E-state index in [1.165, 1.54) is 0 Å². The molecule has 0 fully saturated rings. The standard InChI is InChI=1S/C6H8O7.6Na.2H3O4P.11H2O/c7-3(8)1-6(13,5(11)12)2-4(9)10;;;;;;;2*1-5(2,3)4;;;;;;;;;;;/h13H,1-2H2,(H,7,8)(H,9,10)(H,11,12);;;;;;;2*(H3,1,2,3,4);11*1H2/q;6*+1;;;;;;;;;;;;;/p-6. The van der Waals surface area contributed by atoms with Gasteiger partial charge in [-0.3, -0.25) is 0 Å². The van der Waals surface area contributed by atoms with Gasteiger partial charge in [-0.25, -0.2) is 4.57 Å². The monoisotopic (exact) mass is 718 g/mol. The summed E-state index contributed by atoms with van der Waals surface area (Å²) in [6, 6.07) is 0. The molecule has 26 nitrogen and oxygen atoms in total. The van der Waals surface area contributed by atoms with E-state index in [1.54, 1.807) is 0 Å². The number of aliphatic hydroxyl groups is 1. The summed E-state index contributed by atoms with van der Waals surface area (Å²) >= 11 is 0. The molecule has 0 spiro atoms. The smallest absolute Gasteiger partial charge is 0.822 e. The average molecular weight is 718 g/mol. The van der Waals surface area contributed by atoms with Gasteiger partial charge in [-0.2, -0.15) is 7.82 Å². The summed E-state index contributed by atoms with van der Waals surface area (Å²) in [5, 5.41) is 38.9. The summed E-state index contributed by atoms with van der Waals surface area (Å²) in [5.74, 6) is -5.98. The summed E-state index contributed by atoms with van der Waals surface area (Å²) in [5.41, 5.74) is -2.97. The zero-order valence-electron chi connectivity index (χ0n) is 22.1. The van der Waals surface area contributed by atoms with E-state index in [-0.39, 0.29) is 238 Å². The largest absolute Gasteiger partial charge is 1.00 e. The number of rotatable bonds is 5. The van der Waals surface area contributed by atoms with Gasteiger partial charge in [0.05, 0.1) is 5.97 Å². The van der Waals surface area contributed by atoms with Gasteiger partial charge >= 0.3 is 185 Å². The van der Waals surface area contributed by atoms with Gasteiger partial charge in [-0.15, -0.1) is 0 Å². The molecule has 0 aromatic carbocycles. The van der Waals surface area contributed by atoms with Crippen molar-refractivity contribution >= 4 is 33.6 Å². The molecule has 0 amide bonds. The summed E-state index contributed by atoms with van der Waals surface area (Å²) in [7, 11) is -10.0. The van der Waals surface area contributed by atoms with Crippen molar-refractivity contribution in [2.75, 3.05) is 0 Å². The van der Waals surface area contributed by atoms with Crippen molar-refractivity contribution in [2.24, 2.45) is 0 Å². The van der Waals surface area contributed by atoms with Crippen LogP contribution in [-0.2, 0) is 23.5 Å². The first-order valence-corrected chi connectivity index (χ1v) is 7.65. The van der Waals surface area contributed by atoms with Gasteiger partial charge in [0.1, 0.15) is 5.60 Å². The second kappa shape index (κ2) is 69.8. The number of hydrogen-bond acceptors (Lipinski definition) is 12. The van der Waals surface area contributed by atoms with Crippen LogP contribution in [0.1, 0.15) is 12.8 Å². The Morgan fingerprint density at radius 1 is 0.525 bits per heavy atom. The number of carbonyl (C=O) groups excluding carboxylic acids is 3. The summed E-state index contributed by atoms with van der Waals surface area (Å²) < 4.78 is 17.4. The SMILES string of the molecule is O.O.O.O.O.O.O.O.O.O.O.O=C([O-])CC(O)(CC(=O)[O-])C(=O)[O-].O=P(O)(O)O.O=P([O-])([O-])[O-].[Na+].[Na+].[Na+].[Na+].[Na+].[Na+]. The van der Waals surface area contributed by atoms with Gasteiger partial charge < -0.3 is 129 Å². The molecule has 40 heavy (non-hydrogen) atoms. The van der Waals surface area contributed by atoms with Crippen molar-refractivity contribution in [3.05, 3.63) is 0 Å². The van der Waals surface area contributed by atoms with Crippen LogP contribution in [0.4, 0.5) is 0 Å². The molecular formula is C6H30Na6O26P2. The Bertz CT molecular complexity index is 475. The molecule has 0 heterocycles. The van der Waals surface area contributed by atoms with Crippen LogP contribution in [0.2, 0.25) is 0 Å². The maximum Gasteiger partial charge on any atom is 1.00 e. The Morgan fingerprint density at radius 2 is 0.625 bits per heavy atom. The van der Waals surface area contributed by atoms with Crippen LogP contribution in [0.3, 0.4) is 0 Å². The number of carboxylic acid groups (broad SMARTS) is 3. The fraction of sp³-hybridized carbons (Fsp3) is 0.500. The van der Waals surface area contributed by atoms with Crippen molar-refractivity contribution in [1.29, 1.82) is 0 Å². The van der Waals surface area contributed by atoms with E-state index < -0.39 is 52.0 Å². The van der Waals surface area contributed by atoms with Crippen LogP contribution in [0.25, 0.3) is 0 Å². The predicted octanol–water partition coefficient (Wildman–Crippen LogP) is -36.1. The van der Waals surface area contributed by atoms with Crippen LogP contribution < -0.4 is 207 Å². The number of carboxylic acids is 3. The van der Waals surface area contributed by atoms with E-state index >= 15 is 0 Å². The molecule has 0 atom stereocenters. The fourth-order valence-corrected chi connectivity index (χ4v) is 0.684. The second-order valence-corrected chi connectivity index (χ2v) is 5.30. The van der Waals surface area contributed by atoms with Crippen molar-refractivity contribution in [3.63, 3.8) is 0 Å². The molecule has 0 aliphatic carbocycles. The predicted molar refractivity (Wildman–Crippen MR) is 90.8 cm³/mol.